The minimum absolute atomic E-state index is 0.155. The Labute approximate surface area is 202 Å². The molecule has 4 rings (SSSR count). The third kappa shape index (κ3) is 5.52. The van der Waals surface area contributed by atoms with Crippen molar-refractivity contribution < 1.29 is 9.59 Å². The standard InChI is InChI=1S/C26H25N5O2S/c1-17-12-13-23(14-18(17)2)31-25(20-8-5-4-6-9-20)29-30-26(31)34-16-24(33)28-22-11-7-10-21(15-22)27-19(3)32/h4-15H,16H2,1-3H3,(H,27,32)(H,28,33). The fourth-order valence-corrected chi connectivity index (χ4v) is 4.19. The number of anilines is 2. The molecule has 8 heteroatoms. The molecule has 3 aromatic carbocycles. The quantitative estimate of drug-likeness (QED) is 0.360. The highest BCUT2D eigenvalue weighted by Gasteiger charge is 2.18. The second kappa shape index (κ2) is 10.4. The van der Waals surface area contributed by atoms with Crippen molar-refractivity contribution in [3.8, 4) is 17.1 Å². The van der Waals surface area contributed by atoms with Gasteiger partial charge >= 0.3 is 0 Å². The molecule has 4 aromatic rings. The molecule has 2 N–H and O–H groups in total. The predicted molar refractivity (Wildman–Crippen MR) is 136 cm³/mol. The fourth-order valence-electron chi connectivity index (χ4n) is 3.44. The lowest BCUT2D eigenvalue weighted by Gasteiger charge is -2.12. The van der Waals surface area contributed by atoms with Crippen LogP contribution in [-0.2, 0) is 9.59 Å². The van der Waals surface area contributed by atoms with Crippen molar-refractivity contribution in [1.82, 2.24) is 14.8 Å². The van der Waals surface area contributed by atoms with E-state index in [-0.39, 0.29) is 17.6 Å². The van der Waals surface area contributed by atoms with Gasteiger partial charge in [-0.1, -0.05) is 54.2 Å². The molecule has 0 atom stereocenters. The summed E-state index contributed by atoms with van der Waals surface area (Å²) < 4.78 is 1.98. The molecule has 0 radical (unpaired) electrons. The van der Waals surface area contributed by atoms with Crippen molar-refractivity contribution in [1.29, 1.82) is 0 Å². The summed E-state index contributed by atoms with van der Waals surface area (Å²) in [5.74, 6) is 0.525. The molecule has 0 saturated carbocycles. The normalized spacial score (nSPS) is 10.7. The number of nitrogens with zero attached hydrogens (tertiary/aromatic N) is 3. The van der Waals surface area contributed by atoms with E-state index in [1.165, 1.54) is 24.2 Å². The molecule has 0 aliphatic heterocycles. The molecule has 0 fully saturated rings. The highest BCUT2D eigenvalue weighted by atomic mass is 32.2. The fraction of sp³-hybridized carbons (Fsp3) is 0.154. The van der Waals surface area contributed by atoms with E-state index in [1.54, 1.807) is 24.3 Å². The first-order valence-corrected chi connectivity index (χ1v) is 11.8. The number of thioether (sulfide) groups is 1. The Morgan fingerprint density at radius 1 is 0.853 bits per heavy atom. The monoisotopic (exact) mass is 471 g/mol. The Morgan fingerprint density at radius 2 is 1.59 bits per heavy atom. The van der Waals surface area contributed by atoms with Gasteiger partial charge in [0.15, 0.2) is 11.0 Å². The number of nitrogens with one attached hydrogen (secondary N) is 2. The number of hydrogen-bond acceptors (Lipinski definition) is 5. The van der Waals surface area contributed by atoms with Crippen LogP contribution >= 0.6 is 11.8 Å². The van der Waals surface area contributed by atoms with E-state index in [0.717, 1.165) is 22.6 Å². The summed E-state index contributed by atoms with van der Waals surface area (Å²) in [6.07, 6.45) is 0. The van der Waals surface area contributed by atoms with E-state index in [2.05, 4.69) is 46.8 Å². The van der Waals surface area contributed by atoms with Crippen molar-refractivity contribution in [2.24, 2.45) is 0 Å². The lowest BCUT2D eigenvalue weighted by Crippen LogP contribution is -2.15. The molecule has 0 unspecified atom stereocenters. The maximum atomic E-state index is 12.7. The summed E-state index contributed by atoms with van der Waals surface area (Å²) in [6.45, 7) is 5.59. The number of aryl methyl sites for hydroxylation is 2. The highest BCUT2D eigenvalue weighted by Crippen LogP contribution is 2.29. The summed E-state index contributed by atoms with van der Waals surface area (Å²) in [6, 6.07) is 23.1. The minimum atomic E-state index is -0.180. The molecule has 34 heavy (non-hydrogen) atoms. The van der Waals surface area contributed by atoms with Crippen LogP contribution in [0.3, 0.4) is 0 Å². The van der Waals surface area contributed by atoms with E-state index in [1.807, 2.05) is 41.0 Å². The van der Waals surface area contributed by atoms with Gasteiger partial charge < -0.3 is 10.6 Å². The zero-order valence-corrected chi connectivity index (χ0v) is 20.0. The van der Waals surface area contributed by atoms with Crippen LogP contribution in [-0.4, -0.2) is 32.3 Å². The van der Waals surface area contributed by atoms with Crippen LogP contribution in [0.5, 0.6) is 0 Å². The molecule has 0 bridgehead atoms. The van der Waals surface area contributed by atoms with Gasteiger partial charge in [0.2, 0.25) is 11.8 Å². The smallest absolute Gasteiger partial charge is 0.234 e. The zero-order chi connectivity index (χ0) is 24.1. The Hall–Kier alpha value is -3.91. The summed E-state index contributed by atoms with van der Waals surface area (Å²) in [4.78, 5) is 23.9. The van der Waals surface area contributed by atoms with Gasteiger partial charge in [-0.25, -0.2) is 0 Å². The molecule has 0 aliphatic rings. The van der Waals surface area contributed by atoms with Gasteiger partial charge in [-0.2, -0.15) is 0 Å². The molecular formula is C26H25N5O2S. The van der Waals surface area contributed by atoms with E-state index in [0.29, 0.717) is 16.5 Å². The molecule has 1 aromatic heterocycles. The summed E-state index contributed by atoms with van der Waals surface area (Å²) >= 11 is 1.32. The van der Waals surface area contributed by atoms with E-state index in [4.69, 9.17) is 0 Å². The van der Waals surface area contributed by atoms with Gasteiger partial charge in [0.25, 0.3) is 0 Å². The largest absolute Gasteiger partial charge is 0.326 e. The number of benzene rings is 3. The SMILES string of the molecule is CC(=O)Nc1cccc(NC(=O)CSc2nnc(-c3ccccc3)n2-c2ccc(C)c(C)c2)c1. The molecule has 172 valence electrons. The number of hydrogen-bond donors (Lipinski definition) is 2. The Bertz CT molecular complexity index is 1330. The van der Waals surface area contributed by atoms with Crippen LogP contribution in [0.2, 0.25) is 0 Å². The Balaban J connectivity index is 1.56. The first kappa shape index (κ1) is 23.3. The van der Waals surface area contributed by atoms with Crippen molar-refractivity contribution in [2.75, 3.05) is 16.4 Å². The number of carbonyl (C=O) groups excluding carboxylic acids is 2. The second-order valence-electron chi connectivity index (χ2n) is 7.88. The van der Waals surface area contributed by atoms with E-state index >= 15 is 0 Å². The van der Waals surface area contributed by atoms with Crippen molar-refractivity contribution in [3.63, 3.8) is 0 Å². The lowest BCUT2D eigenvalue weighted by atomic mass is 10.1. The minimum Gasteiger partial charge on any atom is -0.326 e. The number of amides is 2. The molecule has 2 amide bonds. The topological polar surface area (TPSA) is 88.9 Å². The number of carbonyl (C=O) groups is 2. The average Bonchev–Trinajstić information content (AvgIpc) is 3.24. The Kier molecular flexibility index (Phi) is 7.08. The van der Waals surface area contributed by atoms with Crippen LogP contribution < -0.4 is 10.6 Å². The van der Waals surface area contributed by atoms with Crippen LogP contribution in [0.1, 0.15) is 18.1 Å². The predicted octanol–water partition coefficient (Wildman–Crippen LogP) is 5.24. The van der Waals surface area contributed by atoms with Crippen molar-refractivity contribution in [2.45, 2.75) is 25.9 Å². The third-order valence-corrected chi connectivity index (χ3v) is 6.14. The zero-order valence-electron chi connectivity index (χ0n) is 19.2. The molecule has 0 saturated heterocycles. The maximum absolute atomic E-state index is 12.7. The van der Waals surface area contributed by atoms with Crippen LogP contribution in [0.25, 0.3) is 17.1 Å². The third-order valence-electron chi connectivity index (χ3n) is 5.21. The second-order valence-corrected chi connectivity index (χ2v) is 8.82. The van der Waals surface area contributed by atoms with Gasteiger partial charge in [0, 0.05) is 23.9 Å². The van der Waals surface area contributed by atoms with Gasteiger partial charge in [0.1, 0.15) is 0 Å². The number of rotatable bonds is 7. The molecular weight excluding hydrogens is 446 g/mol. The van der Waals surface area contributed by atoms with Crippen molar-refractivity contribution in [3.05, 3.63) is 83.9 Å². The van der Waals surface area contributed by atoms with Gasteiger partial charge in [0.05, 0.1) is 11.4 Å². The molecule has 7 nitrogen and oxygen atoms in total. The molecule has 1 heterocycles. The molecule has 0 spiro atoms. The number of aromatic nitrogens is 3. The van der Waals surface area contributed by atoms with Gasteiger partial charge in [-0.3, -0.25) is 14.2 Å². The van der Waals surface area contributed by atoms with Crippen molar-refractivity contribution >= 4 is 35.0 Å². The van der Waals surface area contributed by atoms with Gasteiger partial charge in [-0.05, 0) is 55.3 Å². The average molecular weight is 472 g/mol. The van der Waals surface area contributed by atoms with Gasteiger partial charge in [-0.15, -0.1) is 10.2 Å². The van der Waals surface area contributed by atoms with Crippen LogP contribution in [0.4, 0.5) is 11.4 Å². The first-order chi connectivity index (χ1) is 16.4. The summed E-state index contributed by atoms with van der Waals surface area (Å²) in [5, 5.41) is 15.0. The highest BCUT2D eigenvalue weighted by molar-refractivity contribution is 7.99. The van der Waals surface area contributed by atoms with E-state index < -0.39 is 0 Å². The first-order valence-electron chi connectivity index (χ1n) is 10.8. The van der Waals surface area contributed by atoms with Crippen LogP contribution in [0.15, 0.2) is 78.0 Å². The maximum Gasteiger partial charge on any atom is 0.234 e. The lowest BCUT2D eigenvalue weighted by molar-refractivity contribution is -0.114. The summed E-state index contributed by atoms with van der Waals surface area (Å²) in [7, 11) is 0. The Morgan fingerprint density at radius 3 is 2.29 bits per heavy atom. The molecule has 0 aliphatic carbocycles. The van der Waals surface area contributed by atoms with E-state index in [9.17, 15) is 9.59 Å². The summed E-state index contributed by atoms with van der Waals surface area (Å²) in [5.41, 5.74) is 5.49. The van der Waals surface area contributed by atoms with Crippen LogP contribution in [0, 0.1) is 13.8 Å².